The highest BCUT2D eigenvalue weighted by atomic mass is 35.5. The van der Waals surface area contributed by atoms with Crippen LogP contribution in [-0.4, -0.2) is 27.7 Å². The van der Waals surface area contributed by atoms with Crippen LogP contribution >= 0.6 is 11.6 Å². The minimum atomic E-state index is -1.53. The first-order chi connectivity index (χ1) is 15.3. The molecular weight excluding hydrogens is 430 g/mol. The number of hydrogen-bond acceptors (Lipinski definition) is 5. The highest BCUT2D eigenvalue weighted by Gasteiger charge is 2.46. The number of phenolic OH excluding ortho intramolecular Hbond substituents is 2. The lowest BCUT2D eigenvalue weighted by Crippen LogP contribution is -2.67. The fourth-order valence-electron chi connectivity index (χ4n) is 3.51. The third-order valence-electron chi connectivity index (χ3n) is 5.21. The molecule has 1 atom stereocenters. The second kappa shape index (κ2) is 8.28. The molecule has 32 heavy (non-hydrogen) atoms. The van der Waals surface area contributed by atoms with Gasteiger partial charge < -0.3 is 20.4 Å². The van der Waals surface area contributed by atoms with Gasteiger partial charge in [-0.2, -0.15) is 0 Å². The Kier molecular flexibility index (Phi) is 5.50. The molecule has 0 radical (unpaired) electrons. The zero-order chi connectivity index (χ0) is 22.9. The summed E-state index contributed by atoms with van der Waals surface area (Å²) < 4.78 is 0. The first-order valence-corrected chi connectivity index (χ1v) is 10.1. The smallest absolute Gasteiger partial charge is 0.277 e. The summed E-state index contributed by atoms with van der Waals surface area (Å²) in [6, 6.07) is 19.0. The number of halogens is 1. The van der Waals surface area contributed by atoms with Crippen LogP contribution in [0.25, 0.3) is 0 Å². The Morgan fingerprint density at radius 2 is 1.44 bits per heavy atom. The Bertz CT molecular complexity index is 1190. The molecule has 0 bridgehead atoms. The van der Waals surface area contributed by atoms with Crippen LogP contribution in [0.5, 0.6) is 11.5 Å². The fourth-order valence-corrected chi connectivity index (χ4v) is 3.73. The minimum Gasteiger partial charge on any atom is -0.508 e. The van der Waals surface area contributed by atoms with E-state index in [0.717, 1.165) is 0 Å². The molecule has 0 fully saturated rings. The molecule has 4 rings (SSSR count). The maximum atomic E-state index is 13.7. The molecule has 0 saturated carbocycles. The number of nitrogens with zero attached hydrogens (tertiary/aromatic N) is 2. The highest BCUT2D eigenvalue weighted by molar-refractivity contribution is 6.34. The van der Waals surface area contributed by atoms with Crippen LogP contribution in [0.15, 0.2) is 85.2 Å². The van der Waals surface area contributed by atoms with Crippen LogP contribution in [0, 0.1) is 0 Å². The molecule has 3 N–H and O–H groups in total. The third kappa shape index (κ3) is 3.86. The zero-order valence-corrected chi connectivity index (χ0v) is 17.8. The van der Waals surface area contributed by atoms with Crippen molar-refractivity contribution in [3.8, 4) is 11.5 Å². The van der Waals surface area contributed by atoms with E-state index in [4.69, 9.17) is 11.6 Å². The van der Waals surface area contributed by atoms with Crippen LogP contribution < -0.4 is 15.1 Å². The summed E-state index contributed by atoms with van der Waals surface area (Å²) in [5.41, 5.74) is -0.188. The molecule has 8 heteroatoms. The lowest BCUT2D eigenvalue weighted by Gasteiger charge is -2.45. The van der Waals surface area contributed by atoms with Gasteiger partial charge in [-0.3, -0.25) is 14.5 Å². The van der Waals surface area contributed by atoms with E-state index in [9.17, 15) is 19.8 Å². The maximum Gasteiger partial charge on any atom is 0.277 e. The van der Waals surface area contributed by atoms with Gasteiger partial charge in [0.05, 0.1) is 10.6 Å². The van der Waals surface area contributed by atoms with E-state index in [1.807, 2.05) is 0 Å². The van der Waals surface area contributed by atoms with E-state index in [1.165, 1.54) is 29.2 Å². The second-order valence-corrected chi connectivity index (χ2v) is 7.79. The summed E-state index contributed by atoms with van der Waals surface area (Å²) in [4.78, 5) is 29.8. The number of hydrogen-bond donors (Lipinski definition) is 3. The van der Waals surface area contributed by atoms with Gasteiger partial charge in [0, 0.05) is 23.8 Å². The van der Waals surface area contributed by atoms with Crippen molar-refractivity contribution >= 4 is 34.8 Å². The molecule has 1 aliphatic heterocycles. The summed E-state index contributed by atoms with van der Waals surface area (Å²) in [6.07, 6.45) is 3.23. The predicted molar refractivity (Wildman–Crippen MR) is 123 cm³/mol. The van der Waals surface area contributed by atoms with Crippen molar-refractivity contribution < 1.29 is 19.8 Å². The van der Waals surface area contributed by atoms with Crippen molar-refractivity contribution in [1.29, 1.82) is 0 Å². The quantitative estimate of drug-likeness (QED) is 0.554. The molecule has 3 aromatic rings. The SMILES string of the molecule is CC1(NC(=O)c2ccccc2Cl)C(=O)N(c2ccc(O)cc2)C=CN1c1ccc(O)cc1. The van der Waals surface area contributed by atoms with Gasteiger partial charge in [-0.15, -0.1) is 0 Å². The number of benzene rings is 3. The monoisotopic (exact) mass is 449 g/mol. The minimum absolute atomic E-state index is 0.0719. The van der Waals surface area contributed by atoms with E-state index in [1.54, 1.807) is 72.8 Å². The molecular formula is C24H20ClN3O4. The molecule has 0 saturated heterocycles. The van der Waals surface area contributed by atoms with Crippen molar-refractivity contribution in [2.24, 2.45) is 0 Å². The van der Waals surface area contributed by atoms with Crippen molar-refractivity contribution in [3.63, 3.8) is 0 Å². The topological polar surface area (TPSA) is 93.1 Å². The van der Waals surface area contributed by atoms with E-state index in [2.05, 4.69) is 5.32 Å². The van der Waals surface area contributed by atoms with Gasteiger partial charge in [0.15, 0.2) is 5.66 Å². The Labute approximate surface area is 189 Å². The lowest BCUT2D eigenvalue weighted by molar-refractivity contribution is -0.123. The van der Waals surface area contributed by atoms with Gasteiger partial charge in [0.2, 0.25) is 0 Å². The third-order valence-corrected chi connectivity index (χ3v) is 5.54. The van der Waals surface area contributed by atoms with Crippen molar-refractivity contribution in [1.82, 2.24) is 5.32 Å². The van der Waals surface area contributed by atoms with Crippen molar-refractivity contribution in [2.75, 3.05) is 9.80 Å². The molecule has 0 aromatic heterocycles. The summed E-state index contributed by atoms with van der Waals surface area (Å²) in [5.74, 6) is -0.799. The van der Waals surface area contributed by atoms with Gasteiger partial charge >= 0.3 is 0 Å². The Hall–Kier alpha value is -3.97. The number of phenols is 2. The molecule has 0 spiro atoms. The molecule has 0 aliphatic carbocycles. The summed E-state index contributed by atoms with van der Waals surface area (Å²) in [7, 11) is 0. The summed E-state index contributed by atoms with van der Waals surface area (Å²) >= 11 is 6.19. The number of anilines is 2. The molecule has 1 heterocycles. The van der Waals surface area contributed by atoms with Crippen LogP contribution in [0.1, 0.15) is 17.3 Å². The van der Waals surface area contributed by atoms with Gasteiger partial charge in [0.25, 0.3) is 11.8 Å². The molecule has 1 unspecified atom stereocenters. The highest BCUT2D eigenvalue weighted by Crippen LogP contribution is 2.33. The predicted octanol–water partition coefficient (Wildman–Crippen LogP) is 4.22. The summed E-state index contributed by atoms with van der Waals surface area (Å²) in [5, 5.41) is 22.3. The average Bonchev–Trinajstić information content (AvgIpc) is 2.77. The number of amides is 2. The zero-order valence-electron chi connectivity index (χ0n) is 17.1. The van der Waals surface area contributed by atoms with Crippen LogP contribution in [0.2, 0.25) is 5.02 Å². The average molecular weight is 450 g/mol. The number of rotatable bonds is 4. The van der Waals surface area contributed by atoms with Crippen LogP contribution in [-0.2, 0) is 4.79 Å². The normalized spacial score (nSPS) is 18.0. The number of carbonyl (C=O) groups is 2. The molecule has 7 nitrogen and oxygen atoms in total. The first-order valence-electron chi connectivity index (χ1n) is 9.76. The molecule has 3 aromatic carbocycles. The second-order valence-electron chi connectivity index (χ2n) is 7.38. The molecule has 162 valence electrons. The number of nitrogens with one attached hydrogen (secondary N) is 1. The van der Waals surface area contributed by atoms with Crippen molar-refractivity contribution in [2.45, 2.75) is 12.6 Å². The van der Waals surface area contributed by atoms with Crippen molar-refractivity contribution in [3.05, 3.63) is 95.8 Å². The van der Waals surface area contributed by atoms with E-state index in [-0.39, 0.29) is 22.1 Å². The largest absolute Gasteiger partial charge is 0.508 e. The van der Waals surface area contributed by atoms with E-state index >= 15 is 0 Å². The number of aromatic hydroxyl groups is 2. The van der Waals surface area contributed by atoms with Gasteiger partial charge in [0.1, 0.15) is 11.5 Å². The van der Waals surface area contributed by atoms with Gasteiger partial charge in [-0.05, 0) is 67.6 Å². The molecule has 2 amide bonds. The lowest BCUT2D eigenvalue weighted by atomic mass is 10.0. The van der Waals surface area contributed by atoms with E-state index < -0.39 is 17.5 Å². The Morgan fingerprint density at radius 1 is 0.875 bits per heavy atom. The first kappa shape index (κ1) is 21.3. The van der Waals surface area contributed by atoms with Gasteiger partial charge in [-0.1, -0.05) is 23.7 Å². The fraction of sp³-hybridized carbons (Fsp3) is 0.0833. The number of carbonyl (C=O) groups excluding carboxylic acids is 2. The van der Waals surface area contributed by atoms with Crippen LogP contribution in [0.3, 0.4) is 0 Å². The summed E-state index contributed by atoms with van der Waals surface area (Å²) in [6.45, 7) is 1.59. The standard InChI is InChI=1S/C24H20ClN3O4/c1-24(26-22(31)20-4-2-3-5-21(20)25)23(32)27(16-6-10-18(29)11-7-16)14-15-28(24)17-8-12-19(30)13-9-17/h2-15,29-30H,1H3,(H,26,31). The molecule has 1 aliphatic rings. The Morgan fingerprint density at radius 3 is 2.03 bits per heavy atom. The van der Waals surface area contributed by atoms with Gasteiger partial charge in [-0.25, -0.2) is 0 Å². The maximum absolute atomic E-state index is 13.7. The Balaban J connectivity index is 1.77. The van der Waals surface area contributed by atoms with E-state index in [0.29, 0.717) is 11.4 Å². The van der Waals surface area contributed by atoms with Crippen LogP contribution in [0.4, 0.5) is 11.4 Å².